The van der Waals surface area contributed by atoms with Crippen LogP contribution in [0.25, 0.3) is 0 Å². The fourth-order valence-corrected chi connectivity index (χ4v) is 1.86. The van der Waals surface area contributed by atoms with Crippen LogP contribution < -0.4 is 15.8 Å². The van der Waals surface area contributed by atoms with Crippen molar-refractivity contribution in [1.82, 2.24) is 0 Å². The molecule has 0 saturated heterocycles. The number of nitrogen functional groups attached to an aromatic ring is 1. The maximum Gasteiger partial charge on any atom is 0.262 e. The standard InChI is InChI=1S/C14H12BrFN2O2/c15-12-7-10(3-6-13(12)16)18-14(19)8-20-11-4-1-9(17)2-5-11/h1-7H,8,17H2,(H,18,19). The Labute approximate surface area is 123 Å². The number of hydrogen-bond acceptors (Lipinski definition) is 3. The molecule has 0 heterocycles. The molecule has 2 aromatic carbocycles. The van der Waals surface area contributed by atoms with Gasteiger partial charge in [-0.15, -0.1) is 0 Å². The Morgan fingerprint density at radius 1 is 1.25 bits per heavy atom. The summed E-state index contributed by atoms with van der Waals surface area (Å²) in [6.07, 6.45) is 0. The zero-order chi connectivity index (χ0) is 14.5. The quantitative estimate of drug-likeness (QED) is 0.841. The Hall–Kier alpha value is -2.08. The van der Waals surface area contributed by atoms with Gasteiger partial charge in [0.15, 0.2) is 6.61 Å². The summed E-state index contributed by atoms with van der Waals surface area (Å²) in [6, 6.07) is 10.9. The normalized spacial score (nSPS) is 10.1. The Bertz CT molecular complexity index is 617. The largest absolute Gasteiger partial charge is 0.484 e. The minimum Gasteiger partial charge on any atom is -0.484 e. The highest BCUT2D eigenvalue weighted by Gasteiger charge is 2.06. The Balaban J connectivity index is 1.89. The number of hydrogen-bond donors (Lipinski definition) is 2. The predicted octanol–water partition coefficient (Wildman–Crippen LogP) is 3.19. The summed E-state index contributed by atoms with van der Waals surface area (Å²) in [4.78, 5) is 11.7. The molecule has 2 aromatic rings. The average Bonchev–Trinajstić information content (AvgIpc) is 2.42. The molecule has 4 nitrogen and oxygen atoms in total. The van der Waals surface area contributed by atoms with Crippen LogP contribution in [0.4, 0.5) is 15.8 Å². The predicted molar refractivity (Wildman–Crippen MR) is 79.1 cm³/mol. The Morgan fingerprint density at radius 3 is 2.60 bits per heavy atom. The molecule has 1 amide bonds. The van der Waals surface area contributed by atoms with E-state index >= 15 is 0 Å². The molecule has 3 N–H and O–H groups in total. The summed E-state index contributed by atoms with van der Waals surface area (Å²) in [6.45, 7) is -0.140. The summed E-state index contributed by atoms with van der Waals surface area (Å²) in [5, 5.41) is 2.61. The van der Waals surface area contributed by atoms with Crippen LogP contribution in [0, 0.1) is 5.82 Å². The number of amides is 1. The molecule has 0 aliphatic carbocycles. The van der Waals surface area contributed by atoms with Gasteiger partial charge in [-0.3, -0.25) is 4.79 Å². The Morgan fingerprint density at radius 2 is 1.95 bits per heavy atom. The van der Waals surface area contributed by atoms with Crippen molar-refractivity contribution >= 4 is 33.2 Å². The smallest absolute Gasteiger partial charge is 0.262 e. The number of nitrogens with two attached hydrogens (primary N) is 1. The summed E-state index contributed by atoms with van der Waals surface area (Å²) in [7, 11) is 0. The summed E-state index contributed by atoms with van der Waals surface area (Å²) in [5.74, 6) is -0.170. The van der Waals surface area contributed by atoms with Gasteiger partial charge in [0.05, 0.1) is 4.47 Å². The highest BCUT2D eigenvalue weighted by molar-refractivity contribution is 9.10. The fourth-order valence-electron chi connectivity index (χ4n) is 1.48. The van der Waals surface area contributed by atoms with Crippen LogP contribution in [0.5, 0.6) is 5.75 Å². The van der Waals surface area contributed by atoms with E-state index < -0.39 is 0 Å². The molecule has 20 heavy (non-hydrogen) atoms. The summed E-state index contributed by atoms with van der Waals surface area (Å²) >= 11 is 3.05. The summed E-state index contributed by atoms with van der Waals surface area (Å²) in [5.41, 5.74) is 6.65. The highest BCUT2D eigenvalue weighted by Crippen LogP contribution is 2.20. The molecule has 2 rings (SSSR count). The van der Waals surface area contributed by atoms with E-state index in [0.717, 1.165) is 0 Å². The molecule has 6 heteroatoms. The molecule has 0 aliphatic heterocycles. The lowest BCUT2D eigenvalue weighted by Gasteiger charge is -2.08. The zero-order valence-corrected chi connectivity index (χ0v) is 12.0. The van der Waals surface area contributed by atoms with Crippen molar-refractivity contribution in [3.05, 3.63) is 52.8 Å². The third kappa shape index (κ3) is 3.96. The van der Waals surface area contributed by atoms with Gasteiger partial charge in [-0.2, -0.15) is 0 Å². The lowest BCUT2D eigenvalue weighted by atomic mass is 10.3. The van der Waals surface area contributed by atoms with Crippen LogP contribution in [0.3, 0.4) is 0 Å². The van der Waals surface area contributed by atoms with Gasteiger partial charge < -0.3 is 15.8 Å². The number of rotatable bonds is 4. The van der Waals surface area contributed by atoms with E-state index in [4.69, 9.17) is 10.5 Å². The van der Waals surface area contributed by atoms with Crippen LogP contribution in [-0.2, 0) is 4.79 Å². The first kappa shape index (κ1) is 14.3. The first-order chi connectivity index (χ1) is 9.54. The zero-order valence-electron chi connectivity index (χ0n) is 10.4. The second-order valence-electron chi connectivity index (χ2n) is 4.03. The fraction of sp³-hybridized carbons (Fsp3) is 0.0714. The molecule has 0 unspecified atom stereocenters. The van der Waals surface area contributed by atoms with Crippen LogP contribution in [-0.4, -0.2) is 12.5 Å². The monoisotopic (exact) mass is 338 g/mol. The van der Waals surface area contributed by atoms with Crippen molar-refractivity contribution in [3.63, 3.8) is 0 Å². The van der Waals surface area contributed by atoms with Crippen LogP contribution in [0.2, 0.25) is 0 Å². The number of benzene rings is 2. The van der Waals surface area contributed by atoms with Gasteiger partial charge >= 0.3 is 0 Å². The van der Waals surface area contributed by atoms with E-state index in [1.54, 1.807) is 24.3 Å². The maximum absolute atomic E-state index is 13.0. The molecule has 0 saturated carbocycles. The van der Waals surface area contributed by atoms with Crippen molar-refractivity contribution in [3.8, 4) is 5.75 Å². The number of ether oxygens (including phenoxy) is 1. The van der Waals surface area contributed by atoms with E-state index in [1.807, 2.05) is 0 Å². The van der Waals surface area contributed by atoms with Crippen LogP contribution >= 0.6 is 15.9 Å². The number of carbonyl (C=O) groups excluding carboxylic acids is 1. The first-order valence-corrected chi connectivity index (χ1v) is 6.57. The van der Waals surface area contributed by atoms with Gasteiger partial charge in [-0.25, -0.2) is 4.39 Å². The molecule has 104 valence electrons. The van der Waals surface area contributed by atoms with Gasteiger partial charge in [-0.05, 0) is 58.4 Å². The average molecular weight is 339 g/mol. The minimum atomic E-state index is -0.388. The molecule has 0 bridgehead atoms. The van der Waals surface area contributed by atoms with Crippen molar-refractivity contribution in [2.75, 3.05) is 17.7 Å². The van der Waals surface area contributed by atoms with E-state index in [1.165, 1.54) is 18.2 Å². The van der Waals surface area contributed by atoms with Gasteiger partial charge in [0, 0.05) is 11.4 Å². The lowest BCUT2D eigenvalue weighted by molar-refractivity contribution is -0.118. The topological polar surface area (TPSA) is 64.3 Å². The van der Waals surface area contributed by atoms with E-state index in [9.17, 15) is 9.18 Å². The molecule has 0 aliphatic rings. The van der Waals surface area contributed by atoms with Crippen LogP contribution in [0.1, 0.15) is 0 Å². The highest BCUT2D eigenvalue weighted by atomic mass is 79.9. The number of nitrogens with one attached hydrogen (secondary N) is 1. The molecular weight excluding hydrogens is 327 g/mol. The number of anilines is 2. The third-order valence-corrected chi connectivity index (χ3v) is 3.06. The van der Waals surface area contributed by atoms with Crippen molar-refractivity contribution < 1.29 is 13.9 Å². The molecule has 0 fully saturated rings. The van der Waals surface area contributed by atoms with Crippen LogP contribution in [0.15, 0.2) is 46.9 Å². The second-order valence-corrected chi connectivity index (χ2v) is 4.89. The molecule has 0 radical (unpaired) electrons. The van der Waals surface area contributed by atoms with Gasteiger partial charge in [0.1, 0.15) is 11.6 Å². The van der Waals surface area contributed by atoms with Gasteiger partial charge in [0.2, 0.25) is 0 Å². The van der Waals surface area contributed by atoms with E-state index in [0.29, 0.717) is 17.1 Å². The Kier molecular flexibility index (Phi) is 4.57. The third-order valence-electron chi connectivity index (χ3n) is 2.45. The van der Waals surface area contributed by atoms with Crippen molar-refractivity contribution in [2.24, 2.45) is 0 Å². The number of carbonyl (C=O) groups is 1. The maximum atomic E-state index is 13.0. The molecular formula is C14H12BrFN2O2. The summed E-state index contributed by atoms with van der Waals surface area (Å²) < 4.78 is 18.6. The lowest BCUT2D eigenvalue weighted by Crippen LogP contribution is -2.20. The van der Waals surface area contributed by atoms with Crippen molar-refractivity contribution in [1.29, 1.82) is 0 Å². The van der Waals surface area contributed by atoms with Crippen molar-refractivity contribution in [2.45, 2.75) is 0 Å². The minimum absolute atomic E-state index is 0.140. The van der Waals surface area contributed by atoms with E-state index in [2.05, 4.69) is 21.2 Å². The second kappa shape index (κ2) is 6.38. The van der Waals surface area contributed by atoms with E-state index in [-0.39, 0.29) is 22.8 Å². The molecule has 0 spiro atoms. The first-order valence-electron chi connectivity index (χ1n) is 5.78. The van der Waals surface area contributed by atoms with Gasteiger partial charge in [-0.1, -0.05) is 0 Å². The van der Waals surface area contributed by atoms with Gasteiger partial charge in [0.25, 0.3) is 5.91 Å². The molecule has 0 atom stereocenters. The SMILES string of the molecule is Nc1ccc(OCC(=O)Nc2ccc(F)c(Br)c2)cc1. The number of halogens is 2. The molecule has 0 aromatic heterocycles.